The van der Waals surface area contributed by atoms with Crippen LogP contribution >= 0.6 is 0 Å². The Balaban J connectivity index is 4.36. The minimum Gasteiger partial charge on any atom is -0.462 e. The summed E-state index contributed by atoms with van der Waals surface area (Å²) in [5.41, 5.74) is 0. The minimum atomic E-state index is -0.780. The first-order valence-corrected chi connectivity index (χ1v) is 33.4. The van der Waals surface area contributed by atoms with E-state index in [4.69, 9.17) is 14.2 Å². The van der Waals surface area contributed by atoms with Crippen molar-refractivity contribution in [3.8, 4) is 0 Å². The minimum absolute atomic E-state index is 0.0750. The number of ether oxygens (including phenoxy) is 3. The third-order valence-corrected chi connectivity index (χ3v) is 14.7. The number of esters is 3. The summed E-state index contributed by atoms with van der Waals surface area (Å²) in [5, 5.41) is 0. The zero-order valence-electron chi connectivity index (χ0n) is 51.2. The van der Waals surface area contributed by atoms with Crippen LogP contribution in [0.2, 0.25) is 0 Å². The van der Waals surface area contributed by atoms with Gasteiger partial charge in [-0.2, -0.15) is 0 Å². The Labute approximate surface area is 478 Å². The molecule has 0 heterocycles. The molecule has 0 fully saturated rings. The molecule has 0 rings (SSSR count). The van der Waals surface area contributed by atoms with Gasteiger partial charge < -0.3 is 14.2 Å². The van der Waals surface area contributed by atoms with E-state index in [9.17, 15) is 14.4 Å². The van der Waals surface area contributed by atoms with E-state index in [0.717, 1.165) is 103 Å². The predicted octanol–water partition coefficient (Wildman–Crippen LogP) is 22.9. The van der Waals surface area contributed by atoms with Crippen molar-refractivity contribution < 1.29 is 28.6 Å². The van der Waals surface area contributed by atoms with Gasteiger partial charge in [0.05, 0.1) is 0 Å². The molecule has 1 atom stereocenters. The van der Waals surface area contributed by atoms with Crippen molar-refractivity contribution in [1.29, 1.82) is 0 Å². The fourth-order valence-corrected chi connectivity index (χ4v) is 9.74. The van der Waals surface area contributed by atoms with Crippen LogP contribution in [-0.2, 0) is 28.6 Å². The topological polar surface area (TPSA) is 78.9 Å². The fraction of sp³-hybridized carbons (Fsp3) is 0.789. The lowest BCUT2D eigenvalue weighted by molar-refractivity contribution is -0.167. The fourth-order valence-electron chi connectivity index (χ4n) is 9.74. The van der Waals surface area contributed by atoms with Crippen molar-refractivity contribution in [1.82, 2.24) is 0 Å². The molecule has 0 amide bonds. The van der Waals surface area contributed by atoms with E-state index >= 15 is 0 Å². The molecular weight excluding hydrogens is 949 g/mol. The largest absolute Gasteiger partial charge is 0.462 e. The van der Waals surface area contributed by atoms with Gasteiger partial charge in [-0.3, -0.25) is 14.4 Å². The second kappa shape index (κ2) is 65.4. The summed E-state index contributed by atoms with van der Waals surface area (Å²) in [6.07, 6.45) is 84.8. The number of allylic oxidation sites excluding steroid dienone is 12. The average Bonchev–Trinajstić information content (AvgIpc) is 3.43. The molecule has 0 bridgehead atoms. The van der Waals surface area contributed by atoms with Crippen LogP contribution in [0.1, 0.15) is 342 Å². The highest BCUT2D eigenvalue weighted by molar-refractivity contribution is 5.71. The first-order valence-electron chi connectivity index (χ1n) is 33.4. The molecule has 1 unspecified atom stereocenters. The Morgan fingerprint density at radius 1 is 0.273 bits per heavy atom. The molecule has 6 nitrogen and oxygen atoms in total. The smallest absolute Gasteiger partial charge is 0.306 e. The van der Waals surface area contributed by atoms with E-state index in [1.165, 1.54) is 199 Å². The number of unbranched alkanes of at least 4 members (excludes halogenated alkanes) is 38. The van der Waals surface area contributed by atoms with Gasteiger partial charge in [0.15, 0.2) is 6.10 Å². The van der Waals surface area contributed by atoms with Crippen molar-refractivity contribution >= 4 is 17.9 Å². The lowest BCUT2D eigenvalue weighted by Crippen LogP contribution is -2.30. The lowest BCUT2D eigenvalue weighted by Gasteiger charge is -2.18. The van der Waals surface area contributed by atoms with Crippen molar-refractivity contribution in [2.45, 2.75) is 348 Å². The van der Waals surface area contributed by atoms with Crippen LogP contribution in [0.5, 0.6) is 0 Å². The molecule has 77 heavy (non-hydrogen) atoms. The highest BCUT2D eigenvalue weighted by Gasteiger charge is 2.19. The highest BCUT2D eigenvalue weighted by atomic mass is 16.6. The maximum atomic E-state index is 12.9. The Morgan fingerprint density at radius 3 is 0.792 bits per heavy atom. The molecule has 446 valence electrons. The Hall–Kier alpha value is -3.15. The maximum Gasteiger partial charge on any atom is 0.306 e. The molecule has 6 heteroatoms. The summed E-state index contributed by atoms with van der Waals surface area (Å²) < 4.78 is 17.0. The van der Waals surface area contributed by atoms with Crippen LogP contribution in [0.3, 0.4) is 0 Å². The monoisotopic (exact) mass is 1070 g/mol. The van der Waals surface area contributed by atoms with Crippen LogP contribution in [0, 0.1) is 0 Å². The van der Waals surface area contributed by atoms with Crippen LogP contribution in [0.15, 0.2) is 72.9 Å². The van der Waals surface area contributed by atoms with Crippen LogP contribution in [-0.4, -0.2) is 37.2 Å². The summed E-state index contributed by atoms with van der Waals surface area (Å²) in [6.45, 7) is 6.57. The summed E-state index contributed by atoms with van der Waals surface area (Å²) in [6, 6.07) is 0. The van der Waals surface area contributed by atoms with Crippen molar-refractivity contribution in [2.75, 3.05) is 13.2 Å². The molecule has 0 saturated heterocycles. The van der Waals surface area contributed by atoms with Crippen molar-refractivity contribution in [3.63, 3.8) is 0 Å². The van der Waals surface area contributed by atoms with Gasteiger partial charge in [-0.25, -0.2) is 0 Å². The molecule has 0 aromatic heterocycles. The van der Waals surface area contributed by atoms with E-state index in [-0.39, 0.29) is 31.1 Å². The van der Waals surface area contributed by atoms with E-state index in [0.29, 0.717) is 19.3 Å². The molecule has 0 aliphatic carbocycles. The zero-order chi connectivity index (χ0) is 55.7. The molecule has 0 spiro atoms. The summed E-state index contributed by atoms with van der Waals surface area (Å²) in [7, 11) is 0. The maximum absolute atomic E-state index is 12.9. The van der Waals surface area contributed by atoms with Crippen LogP contribution in [0.4, 0.5) is 0 Å². The average molecular weight is 1080 g/mol. The molecule has 0 N–H and O–H groups in total. The van der Waals surface area contributed by atoms with Gasteiger partial charge in [-0.15, -0.1) is 0 Å². The van der Waals surface area contributed by atoms with Crippen LogP contribution < -0.4 is 0 Å². The lowest BCUT2D eigenvalue weighted by atomic mass is 10.0. The second-order valence-corrected chi connectivity index (χ2v) is 22.4. The normalized spacial score (nSPS) is 12.5. The van der Waals surface area contributed by atoms with E-state index in [2.05, 4.69) is 93.7 Å². The molecular formula is C71H126O6. The van der Waals surface area contributed by atoms with Crippen molar-refractivity contribution in [2.24, 2.45) is 0 Å². The number of rotatable bonds is 61. The zero-order valence-corrected chi connectivity index (χ0v) is 51.2. The first-order chi connectivity index (χ1) is 38.0. The van der Waals surface area contributed by atoms with Gasteiger partial charge in [0.1, 0.15) is 13.2 Å². The third-order valence-electron chi connectivity index (χ3n) is 14.7. The van der Waals surface area contributed by atoms with Crippen LogP contribution in [0.25, 0.3) is 0 Å². The highest BCUT2D eigenvalue weighted by Crippen LogP contribution is 2.18. The number of hydrogen-bond acceptors (Lipinski definition) is 6. The van der Waals surface area contributed by atoms with Gasteiger partial charge in [0.2, 0.25) is 0 Å². The molecule has 0 aromatic carbocycles. The van der Waals surface area contributed by atoms with E-state index < -0.39 is 6.10 Å². The Kier molecular flexibility index (Phi) is 62.7. The van der Waals surface area contributed by atoms with Gasteiger partial charge in [-0.05, 0) is 70.6 Å². The number of carbonyl (C=O) groups excluding carboxylic acids is 3. The molecule has 0 radical (unpaired) electrons. The third kappa shape index (κ3) is 63.6. The van der Waals surface area contributed by atoms with Gasteiger partial charge in [0, 0.05) is 19.3 Å². The Bertz CT molecular complexity index is 1420. The molecule has 0 aliphatic heterocycles. The van der Waals surface area contributed by atoms with E-state index in [1.54, 1.807) is 0 Å². The standard InChI is InChI=1S/C71H126O6/c1-4-7-10-13-16-19-22-25-28-31-32-33-34-35-36-37-38-41-43-46-49-52-55-58-61-64-70(73)76-67-68(77-71(74)65-62-59-56-53-50-47-44-40-30-27-24-21-18-15-12-9-6-3)66-75-69(72)63-60-57-54-51-48-45-42-39-29-26-23-20-17-14-11-8-5-2/h7,10,16,19,25,28,32-33,35-36,38,41,68H,4-6,8-9,11-15,17-18,20-24,26-27,29-31,34,37,39-40,42-67H2,1-3H3/b10-7-,19-16-,28-25-,33-32-,36-35-,41-38-. The summed E-state index contributed by atoms with van der Waals surface area (Å²) in [5.74, 6) is -0.868. The van der Waals surface area contributed by atoms with Gasteiger partial charge >= 0.3 is 17.9 Å². The SMILES string of the molecule is CC/C=C\C/C=C\C/C=C\C/C=C\C/C=C\C/C=C\CCCCCCCCC(=O)OCC(COC(=O)CCCCCCCCCCCCCCCCCCC)OC(=O)CCCCCCCCCCCCCCCCCCC. The first kappa shape index (κ1) is 73.8. The molecule has 0 saturated carbocycles. The number of hydrogen-bond donors (Lipinski definition) is 0. The Morgan fingerprint density at radius 2 is 0.506 bits per heavy atom. The van der Waals surface area contributed by atoms with E-state index in [1.807, 2.05) is 0 Å². The van der Waals surface area contributed by atoms with Gasteiger partial charge in [-0.1, -0.05) is 325 Å². The number of carbonyl (C=O) groups is 3. The molecule has 0 aliphatic rings. The van der Waals surface area contributed by atoms with Crippen molar-refractivity contribution in [3.05, 3.63) is 72.9 Å². The quantitative estimate of drug-likeness (QED) is 0.0261. The summed E-state index contributed by atoms with van der Waals surface area (Å²) >= 11 is 0. The van der Waals surface area contributed by atoms with Gasteiger partial charge in [0.25, 0.3) is 0 Å². The molecule has 0 aromatic rings. The summed E-state index contributed by atoms with van der Waals surface area (Å²) in [4.78, 5) is 38.4. The predicted molar refractivity (Wildman–Crippen MR) is 335 cm³/mol. The second-order valence-electron chi connectivity index (χ2n) is 22.4.